The SMILES string of the molecule is [B]c1cnc(C(=O)Cl)c(SCC)c1. The van der Waals surface area contributed by atoms with Gasteiger partial charge >= 0.3 is 0 Å². The largest absolute Gasteiger partial charge is 0.274 e. The molecule has 0 aliphatic rings. The summed E-state index contributed by atoms with van der Waals surface area (Å²) in [6.07, 6.45) is 1.43. The second-order valence-corrected chi connectivity index (χ2v) is 3.97. The highest BCUT2D eigenvalue weighted by molar-refractivity contribution is 7.99. The molecular formula is C8H7BClNOS. The van der Waals surface area contributed by atoms with Gasteiger partial charge in [-0.05, 0) is 17.4 Å². The van der Waals surface area contributed by atoms with Gasteiger partial charge in [0.25, 0.3) is 5.24 Å². The third kappa shape index (κ3) is 2.74. The van der Waals surface area contributed by atoms with E-state index in [1.54, 1.807) is 6.07 Å². The van der Waals surface area contributed by atoms with Crippen LogP contribution in [0.15, 0.2) is 17.2 Å². The van der Waals surface area contributed by atoms with E-state index in [-0.39, 0.29) is 5.69 Å². The molecule has 0 unspecified atom stereocenters. The molecule has 0 saturated carbocycles. The fraction of sp³-hybridized carbons (Fsp3) is 0.250. The van der Waals surface area contributed by atoms with E-state index in [1.165, 1.54) is 18.0 Å². The summed E-state index contributed by atoms with van der Waals surface area (Å²) in [6.45, 7) is 1.98. The first-order valence-corrected chi connectivity index (χ1v) is 5.09. The predicted octanol–water partition coefficient (Wildman–Crippen LogP) is 1.37. The van der Waals surface area contributed by atoms with E-state index in [0.29, 0.717) is 5.46 Å². The van der Waals surface area contributed by atoms with E-state index in [4.69, 9.17) is 19.4 Å². The molecule has 66 valence electrons. The molecule has 2 radical (unpaired) electrons. The molecule has 0 fully saturated rings. The highest BCUT2D eigenvalue weighted by Gasteiger charge is 2.10. The number of nitrogens with zero attached hydrogens (tertiary/aromatic N) is 1. The molecule has 0 atom stereocenters. The van der Waals surface area contributed by atoms with Gasteiger partial charge in [-0.2, -0.15) is 0 Å². The van der Waals surface area contributed by atoms with Gasteiger partial charge in [0.2, 0.25) is 0 Å². The van der Waals surface area contributed by atoms with Crippen molar-refractivity contribution < 1.29 is 4.79 Å². The third-order valence-electron chi connectivity index (χ3n) is 1.36. The topological polar surface area (TPSA) is 30.0 Å². The van der Waals surface area contributed by atoms with E-state index in [9.17, 15) is 4.79 Å². The Bertz CT molecular complexity index is 332. The molecule has 2 nitrogen and oxygen atoms in total. The first-order chi connectivity index (χ1) is 6.15. The molecule has 0 aromatic carbocycles. The standard InChI is InChI=1S/C8H7BClNOS/c1-2-13-6-3-5(9)4-11-7(6)8(10)12/h3-4H,2H2,1H3. The Labute approximate surface area is 87.5 Å². The minimum atomic E-state index is -0.545. The van der Waals surface area contributed by atoms with Crippen LogP contribution in [0.25, 0.3) is 0 Å². The summed E-state index contributed by atoms with van der Waals surface area (Å²) in [4.78, 5) is 15.5. The maximum atomic E-state index is 10.9. The molecule has 1 aromatic heterocycles. The van der Waals surface area contributed by atoms with Crippen molar-refractivity contribution >= 4 is 41.9 Å². The average Bonchev–Trinajstić information content (AvgIpc) is 2.04. The lowest BCUT2D eigenvalue weighted by Crippen LogP contribution is -2.08. The summed E-state index contributed by atoms with van der Waals surface area (Å²) in [6, 6.07) is 1.71. The van der Waals surface area contributed by atoms with Gasteiger partial charge in [0.15, 0.2) is 0 Å². The van der Waals surface area contributed by atoms with Crippen LogP contribution in [0, 0.1) is 0 Å². The molecule has 0 amide bonds. The zero-order valence-electron chi connectivity index (χ0n) is 7.08. The number of pyridine rings is 1. The minimum absolute atomic E-state index is 0.280. The number of rotatable bonds is 3. The predicted molar refractivity (Wildman–Crippen MR) is 56.2 cm³/mol. The molecule has 1 aromatic rings. The highest BCUT2D eigenvalue weighted by atomic mass is 35.5. The van der Waals surface area contributed by atoms with Crippen LogP contribution in [0.2, 0.25) is 0 Å². The first kappa shape index (κ1) is 10.6. The van der Waals surface area contributed by atoms with Crippen molar-refractivity contribution in [3.8, 4) is 0 Å². The molecule has 0 saturated heterocycles. The van der Waals surface area contributed by atoms with Crippen molar-refractivity contribution in [1.29, 1.82) is 0 Å². The van der Waals surface area contributed by atoms with Gasteiger partial charge in [0, 0.05) is 11.1 Å². The van der Waals surface area contributed by atoms with Crippen LogP contribution < -0.4 is 5.46 Å². The normalized spacial score (nSPS) is 10.0. The Morgan fingerprint density at radius 1 is 1.77 bits per heavy atom. The van der Waals surface area contributed by atoms with Crippen LogP contribution in [-0.2, 0) is 0 Å². The number of carbonyl (C=O) groups excluding carboxylic acids is 1. The first-order valence-electron chi connectivity index (χ1n) is 3.73. The second-order valence-electron chi connectivity index (χ2n) is 2.32. The molecule has 0 aliphatic heterocycles. The molecule has 5 heteroatoms. The van der Waals surface area contributed by atoms with Crippen molar-refractivity contribution in [2.75, 3.05) is 5.75 Å². The highest BCUT2D eigenvalue weighted by Crippen LogP contribution is 2.20. The maximum absolute atomic E-state index is 10.9. The maximum Gasteiger partial charge on any atom is 0.271 e. The van der Waals surface area contributed by atoms with Crippen LogP contribution in [0.5, 0.6) is 0 Å². The van der Waals surface area contributed by atoms with E-state index >= 15 is 0 Å². The number of thioether (sulfide) groups is 1. The molecule has 0 N–H and O–H groups in total. The number of aromatic nitrogens is 1. The summed E-state index contributed by atoms with van der Waals surface area (Å²) in [5, 5.41) is -0.545. The Hall–Kier alpha value is -0.475. The molecule has 13 heavy (non-hydrogen) atoms. The van der Waals surface area contributed by atoms with E-state index in [2.05, 4.69) is 4.98 Å². The molecule has 0 spiro atoms. The van der Waals surface area contributed by atoms with Gasteiger partial charge in [-0.1, -0.05) is 18.5 Å². The summed E-state index contributed by atoms with van der Waals surface area (Å²) in [5.41, 5.74) is 0.820. The second kappa shape index (κ2) is 4.68. The lowest BCUT2D eigenvalue weighted by Gasteiger charge is -2.03. The quantitative estimate of drug-likeness (QED) is 0.430. The Morgan fingerprint density at radius 2 is 2.46 bits per heavy atom. The monoisotopic (exact) mass is 211 g/mol. The van der Waals surface area contributed by atoms with Crippen LogP contribution in [0.4, 0.5) is 0 Å². The number of carbonyl (C=O) groups is 1. The van der Waals surface area contributed by atoms with Crippen molar-refractivity contribution in [1.82, 2.24) is 4.98 Å². The van der Waals surface area contributed by atoms with Gasteiger partial charge in [-0.15, -0.1) is 11.8 Å². The van der Waals surface area contributed by atoms with Gasteiger partial charge in [0.05, 0.1) is 0 Å². The van der Waals surface area contributed by atoms with Crippen LogP contribution in [0.1, 0.15) is 17.4 Å². The van der Waals surface area contributed by atoms with Crippen molar-refractivity contribution in [3.05, 3.63) is 18.0 Å². The lowest BCUT2D eigenvalue weighted by molar-refractivity contribution is 0.107. The molecule has 0 aliphatic carbocycles. The van der Waals surface area contributed by atoms with Gasteiger partial charge in [-0.3, -0.25) is 9.78 Å². The molecule has 1 rings (SSSR count). The van der Waals surface area contributed by atoms with E-state index < -0.39 is 5.24 Å². The third-order valence-corrected chi connectivity index (χ3v) is 2.45. The average molecular weight is 211 g/mol. The summed E-state index contributed by atoms with van der Waals surface area (Å²) < 4.78 is 0. The van der Waals surface area contributed by atoms with Gasteiger partial charge in [0.1, 0.15) is 13.5 Å². The van der Waals surface area contributed by atoms with Crippen LogP contribution in [-0.4, -0.2) is 23.8 Å². The van der Waals surface area contributed by atoms with Crippen molar-refractivity contribution in [2.45, 2.75) is 11.8 Å². The number of halogens is 1. The van der Waals surface area contributed by atoms with Crippen LogP contribution in [0.3, 0.4) is 0 Å². The molecular weight excluding hydrogens is 204 g/mol. The van der Waals surface area contributed by atoms with Crippen molar-refractivity contribution in [2.24, 2.45) is 0 Å². The zero-order chi connectivity index (χ0) is 9.84. The van der Waals surface area contributed by atoms with Crippen LogP contribution >= 0.6 is 23.4 Å². The lowest BCUT2D eigenvalue weighted by atomic mass is 9.99. The summed E-state index contributed by atoms with van der Waals surface area (Å²) in [7, 11) is 5.53. The molecule has 1 heterocycles. The fourth-order valence-electron chi connectivity index (χ4n) is 0.873. The Morgan fingerprint density at radius 3 is 3.00 bits per heavy atom. The zero-order valence-corrected chi connectivity index (χ0v) is 8.65. The fourth-order valence-corrected chi connectivity index (χ4v) is 1.89. The van der Waals surface area contributed by atoms with E-state index in [1.807, 2.05) is 6.92 Å². The number of hydrogen-bond acceptors (Lipinski definition) is 3. The Balaban J connectivity index is 3.10. The summed E-state index contributed by atoms with van der Waals surface area (Å²) >= 11 is 6.84. The van der Waals surface area contributed by atoms with Gasteiger partial charge < -0.3 is 0 Å². The Kier molecular flexibility index (Phi) is 3.81. The minimum Gasteiger partial charge on any atom is -0.274 e. The van der Waals surface area contributed by atoms with Crippen molar-refractivity contribution in [3.63, 3.8) is 0 Å². The smallest absolute Gasteiger partial charge is 0.271 e. The summed E-state index contributed by atoms with van der Waals surface area (Å²) in [5.74, 6) is 0.850. The van der Waals surface area contributed by atoms with Gasteiger partial charge in [-0.25, -0.2) is 0 Å². The van der Waals surface area contributed by atoms with E-state index in [0.717, 1.165) is 10.6 Å². The number of hydrogen-bond donors (Lipinski definition) is 0. The molecule has 0 bridgehead atoms.